The van der Waals surface area contributed by atoms with E-state index in [1.54, 1.807) is 0 Å². The molecule has 1 aromatic carbocycles. The van der Waals surface area contributed by atoms with E-state index in [2.05, 4.69) is 33.6 Å². The molecule has 0 atom stereocenters. The van der Waals surface area contributed by atoms with Gasteiger partial charge in [0.15, 0.2) is 5.96 Å². The summed E-state index contributed by atoms with van der Waals surface area (Å²) in [7, 11) is 4.00. The first-order valence-electron chi connectivity index (χ1n) is 8.14. The van der Waals surface area contributed by atoms with Crippen molar-refractivity contribution in [3.8, 4) is 0 Å². The molecular weight excluding hydrogens is 298 g/mol. The molecule has 0 aliphatic carbocycles. The maximum Gasteiger partial charge on any atom is 0.193 e. The van der Waals surface area contributed by atoms with E-state index in [0.29, 0.717) is 6.54 Å². The fourth-order valence-electron chi connectivity index (χ4n) is 2.52. The van der Waals surface area contributed by atoms with Gasteiger partial charge in [0.1, 0.15) is 5.65 Å². The molecule has 2 heterocycles. The smallest absolute Gasteiger partial charge is 0.193 e. The van der Waals surface area contributed by atoms with Gasteiger partial charge in [0.05, 0.1) is 12.2 Å². The lowest BCUT2D eigenvalue weighted by molar-refractivity contribution is 0.578. The molecule has 1 N–H and O–H groups in total. The number of hydrogen-bond acceptors (Lipinski definition) is 2. The van der Waals surface area contributed by atoms with Crippen molar-refractivity contribution in [1.82, 2.24) is 19.6 Å². The summed E-state index contributed by atoms with van der Waals surface area (Å²) in [5.41, 5.74) is 3.27. The molecule has 0 bridgehead atoms. The predicted molar refractivity (Wildman–Crippen MR) is 98.2 cm³/mol. The number of pyridine rings is 1. The average molecular weight is 321 g/mol. The Balaban J connectivity index is 1.57. The highest BCUT2D eigenvalue weighted by atomic mass is 15.3. The van der Waals surface area contributed by atoms with Crippen LogP contribution in [0.15, 0.2) is 65.9 Å². The van der Waals surface area contributed by atoms with E-state index in [-0.39, 0.29) is 0 Å². The number of hydrogen-bond donors (Lipinski definition) is 1. The Morgan fingerprint density at radius 2 is 1.92 bits per heavy atom. The molecule has 24 heavy (non-hydrogen) atoms. The Bertz CT molecular complexity index is 772. The number of fused-ring (bicyclic) bond motifs is 1. The molecule has 5 heteroatoms. The zero-order valence-electron chi connectivity index (χ0n) is 14.2. The van der Waals surface area contributed by atoms with Crippen molar-refractivity contribution in [2.45, 2.75) is 13.0 Å². The van der Waals surface area contributed by atoms with E-state index in [1.807, 2.05) is 66.0 Å². The van der Waals surface area contributed by atoms with Crippen LogP contribution in [0.25, 0.3) is 5.65 Å². The predicted octanol–water partition coefficient (Wildman–Crippen LogP) is 2.58. The highest BCUT2D eigenvalue weighted by Gasteiger charge is 2.04. The van der Waals surface area contributed by atoms with Gasteiger partial charge in [-0.25, -0.2) is 9.98 Å². The second-order valence-electron chi connectivity index (χ2n) is 5.89. The lowest BCUT2D eigenvalue weighted by Crippen LogP contribution is -2.37. The molecule has 3 rings (SSSR count). The van der Waals surface area contributed by atoms with Gasteiger partial charge in [0, 0.05) is 39.5 Å². The lowest BCUT2D eigenvalue weighted by atomic mass is 10.2. The van der Waals surface area contributed by atoms with Crippen molar-refractivity contribution >= 4 is 11.6 Å². The highest BCUT2D eigenvalue weighted by Crippen LogP contribution is 2.05. The number of nitrogens with one attached hydrogen (secondary N) is 1. The fraction of sp³-hybridized carbons (Fsp3) is 0.263. The maximum atomic E-state index is 4.67. The van der Waals surface area contributed by atoms with Crippen LogP contribution in [0.2, 0.25) is 0 Å². The molecular formula is C19H23N5. The van der Waals surface area contributed by atoms with Crippen molar-refractivity contribution in [3.05, 3.63) is 72.2 Å². The molecule has 0 amide bonds. The molecule has 0 saturated carbocycles. The van der Waals surface area contributed by atoms with Crippen LogP contribution in [0, 0.1) is 0 Å². The Labute approximate surface area is 142 Å². The summed E-state index contributed by atoms with van der Waals surface area (Å²) in [6.07, 6.45) is 4.96. The minimum absolute atomic E-state index is 0.676. The minimum Gasteiger partial charge on any atom is -0.356 e. The van der Waals surface area contributed by atoms with Crippen molar-refractivity contribution in [2.75, 3.05) is 20.6 Å². The first kappa shape index (κ1) is 16.1. The van der Waals surface area contributed by atoms with Gasteiger partial charge in [0.25, 0.3) is 0 Å². The normalized spacial score (nSPS) is 11.7. The Hall–Kier alpha value is -2.82. The molecule has 0 saturated heterocycles. The second-order valence-corrected chi connectivity index (χ2v) is 5.89. The van der Waals surface area contributed by atoms with E-state index >= 15 is 0 Å². The third-order valence-electron chi connectivity index (χ3n) is 3.76. The number of benzene rings is 1. The van der Waals surface area contributed by atoms with Crippen LogP contribution in [-0.4, -0.2) is 40.9 Å². The molecule has 0 unspecified atom stereocenters. The van der Waals surface area contributed by atoms with Gasteiger partial charge in [-0.2, -0.15) is 0 Å². The van der Waals surface area contributed by atoms with E-state index in [9.17, 15) is 0 Å². The summed E-state index contributed by atoms with van der Waals surface area (Å²) in [6.45, 7) is 1.48. The van der Waals surface area contributed by atoms with E-state index in [4.69, 9.17) is 0 Å². The van der Waals surface area contributed by atoms with Gasteiger partial charge in [0.2, 0.25) is 0 Å². The molecule has 3 aromatic rings. The van der Waals surface area contributed by atoms with Crippen molar-refractivity contribution in [1.29, 1.82) is 0 Å². The van der Waals surface area contributed by atoms with Crippen LogP contribution in [-0.2, 0) is 13.0 Å². The Kier molecular flexibility index (Phi) is 5.11. The quantitative estimate of drug-likeness (QED) is 0.580. The monoisotopic (exact) mass is 321 g/mol. The summed E-state index contributed by atoms with van der Waals surface area (Å²) in [5, 5.41) is 3.41. The summed E-state index contributed by atoms with van der Waals surface area (Å²) in [4.78, 5) is 11.3. The number of aliphatic imine (C=N–C) groups is 1. The van der Waals surface area contributed by atoms with Crippen LogP contribution in [0.4, 0.5) is 0 Å². The van der Waals surface area contributed by atoms with Crippen LogP contribution >= 0.6 is 0 Å². The molecule has 0 aliphatic heterocycles. The molecule has 0 radical (unpaired) electrons. The fourth-order valence-corrected chi connectivity index (χ4v) is 2.52. The first-order chi connectivity index (χ1) is 11.7. The molecule has 0 fully saturated rings. The molecule has 0 spiro atoms. The summed E-state index contributed by atoms with van der Waals surface area (Å²) in [6, 6.07) is 16.3. The van der Waals surface area contributed by atoms with E-state index < -0.39 is 0 Å². The van der Waals surface area contributed by atoms with Gasteiger partial charge in [-0.15, -0.1) is 0 Å². The van der Waals surface area contributed by atoms with Crippen LogP contribution in [0.5, 0.6) is 0 Å². The van der Waals surface area contributed by atoms with Crippen molar-refractivity contribution in [2.24, 2.45) is 4.99 Å². The average Bonchev–Trinajstić information content (AvgIpc) is 3.01. The van der Waals surface area contributed by atoms with Gasteiger partial charge < -0.3 is 14.6 Å². The highest BCUT2D eigenvalue weighted by molar-refractivity contribution is 5.79. The standard InChI is InChI=1S/C19H23N5/c1-23(2)19(21-14-16-8-4-3-5-9-16)20-12-11-17-15-24-13-7-6-10-18(24)22-17/h3-10,13,15H,11-12,14H2,1-2H3,(H,20,21). The number of aromatic nitrogens is 2. The third kappa shape index (κ3) is 4.13. The summed E-state index contributed by atoms with van der Waals surface area (Å²) in [5.74, 6) is 0.891. The molecule has 5 nitrogen and oxygen atoms in total. The Morgan fingerprint density at radius 3 is 2.67 bits per heavy atom. The first-order valence-corrected chi connectivity index (χ1v) is 8.14. The summed E-state index contributed by atoms with van der Waals surface area (Å²) >= 11 is 0. The largest absolute Gasteiger partial charge is 0.356 e. The van der Waals surface area contributed by atoms with Crippen LogP contribution in [0.3, 0.4) is 0 Å². The SMILES string of the molecule is CN(C)C(=NCc1ccccc1)NCCc1cn2ccccc2n1. The number of rotatable bonds is 5. The van der Waals surface area contributed by atoms with Gasteiger partial charge in [-0.05, 0) is 17.7 Å². The zero-order valence-corrected chi connectivity index (χ0v) is 14.2. The maximum absolute atomic E-state index is 4.67. The molecule has 0 aliphatic rings. The molecule has 124 valence electrons. The minimum atomic E-state index is 0.676. The third-order valence-corrected chi connectivity index (χ3v) is 3.76. The Morgan fingerprint density at radius 1 is 1.12 bits per heavy atom. The number of imidazole rings is 1. The summed E-state index contributed by atoms with van der Waals surface area (Å²) < 4.78 is 2.05. The van der Waals surface area contributed by atoms with Crippen molar-refractivity contribution in [3.63, 3.8) is 0 Å². The van der Waals surface area contributed by atoms with Crippen LogP contribution in [0.1, 0.15) is 11.3 Å². The van der Waals surface area contributed by atoms with E-state index in [1.165, 1.54) is 5.56 Å². The second kappa shape index (κ2) is 7.64. The molecule has 2 aromatic heterocycles. The van der Waals surface area contributed by atoms with E-state index in [0.717, 1.165) is 30.3 Å². The number of guanidine groups is 1. The topological polar surface area (TPSA) is 44.9 Å². The van der Waals surface area contributed by atoms with Crippen molar-refractivity contribution < 1.29 is 0 Å². The van der Waals surface area contributed by atoms with Gasteiger partial charge >= 0.3 is 0 Å². The van der Waals surface area contributed by atoms with Gasteiger partial charge in [-0.1, -0.05) is 36.4 Å². The zero-order chi connectivity index (χ0) is 16.8. The van der Waals surface area contributed by atoms with Gasteiger partial charge in [-0.3, -0.25) is 0 Å². The number of nitrogens with zero attached hydrogens (tertiary/aromatic N) is 4. The lowest BCUT2D eigenvalue weighted by Gasteiger charge is -2.17. The van der Waals surface area contributed by atoms with Crippen LogP contribution < -0.4 is 5.32 Å².